The summed E-state index contributed by atoms with van der Waals surface area (Å²) in [6, 6.07) is 0. The molecule has 2 atom stereocenters. The van der Waals surface area contributed by atoms with Crippen LogP contribution >= 0.6 is 0 Å². The van der Waals surface area contributed by atoms with Crippen LogP contribution in [0.5, 0.6) is 0 Å². The molecule has 1 aliphatic rings. The maximum absolute atomic E-state index is 6.40. The molecule has 0 amide bonds. The Morgan fingerprint density at radius 3 is 0.978 bits per heavy atom. The van der Waals surface area contributed by atoms with Gasteiger partial charge in [0.1, 0.15) is 25.3 Å². The highest BCUT2D eigenvalue weighted by molar-refractivity contribution is 4.82. The maximum Gasteiger partial charge on any atom is 0.138 e. The number of hydrogen-bond donors (Lipinski definition) is 0. The number of likely N-dealkylation sites (tertiary alicyclic amines) is 1. The lowest BCUT2D eigenvalue weighted by atomic mass is 10.1. The molecule has 0 radical (unpaired) electrons. The molecule has 1 aliphatic heterocycles. The first kappa shape index (κ1) is 42.4. The van der Waals surface area contributed by atoms with Crippen LogP contribution in [0.1, 0.15) is 194 Å². The van der Waals surface area contributed by atoms with Gasteiger partial charge in [-0.05, 0) is 64.2 Å². The van der Waals surface area contributed by atoms with E-state index in [1.54, 1.807) is 0 Å². The van der Waals surface area contributed by atoms with E-state index >= 15 is 0 Å². The largest absolute Gasteiger partial charge is 0.369 e. The van der Waals surface area contributed by atoms with Crippen LogP contribution in [0.2, 0.25) is 0 Å². The van der Waals surface area contributed by atoms with Gasteiger partial charge in [-0.3, -0.25) is 0 Å². The van der Waals surface area contributed by atoms with Crippen LogP contribution in [0.15, 0.2) is 24.3 Å². The van der Waals surface area contributed by atoms with Crippen molar-refractivity contribution < 1.29 is 14.0 Å². The minimum Gasteiger partial charge on any atom is -0.369 e. The summed E-state index contributed by atoms with van der Waals surface area (Å²) in [4.78, 5) is 0. The van der Waals surface area contributed by atoms with Crippen LogP contribution in [-0.4, -0.2) is 57.1 Å². The lowest BCUT2D eigenvalue weighted by Crippen LogP contribution is -2.38. The first-order valence-corrected chi connectivity index (χ1v) is 20.4. The van der Waals surface area contributed by atoms with E-state index in [0.717, 1.165) is 30.8 Å². The van der Waals surface area contributed by atoms with Crippen LogP contribution in [0.4, 0.5) is 0 Å². The number of allylic oxidation sites excluding steroid dienone is 4. The molecule has 45 heavy (non-hydrogen) atoms. The predicted molar refractivity (Wildman–Crippen MR) is 200 cm³/mol. The molecule has 0 spiro atoms. The Kier molecular flexibility index (Phi) is 30.1. The molecular formula is C42H82NO2+. The summed E-state index contributed by atoms with van der Waals surface area (Å²) in [6.45, 7) is 8.56. The van der Waals surface area contributed by atoms with E-state index in [4.69, 9.17) is 9.47 Å². The summed E-state index contributed by atoms with van der Waals surface area (Å²) in [5, 5.41) is 0. The molecule has 266 valence electrons. The van der Waals surface area contributed by atoms with Gasteiger partial charge in [0.15, 0.2) is 0 Å². The fourth-order valence-electron chi connectivity index (χ4n) is 6.77. The smallest absolute Gasteiger partial charge is 0.138 e. The summed E-state index contributed by atoms with van der Waals surface area (Å²) in [7, 11) is 4.65. The first-order chi connectivity index (χ1) is 22.1. The van der Waals surface area contributed by atoms with E-state index in [0.29, 0.717) is 0 Å². The fraction of sp³-hybridized carbons (Fsp3) is 0.905. The number of nitrogens with zero attached hydrogens (tertiary/aromatic N) is 1. The lowest BCUT2D eigenvalue weighted by Gasteiger charge is -2.22. The van der Waals surface area contributed by atoms with E-state index < -0.39 is 0 Å². The van der Waals surface area contributed by atoms with Crippen molar-refractivity contribution in [3.63, 3.8) is 0 Å². The predicted octanol–water partition coefficient (Wildman–Crippen LogP) is 12.9. The number of unbranched alkanes of at least 4 members (excludes halogenated alkanes) is 24. The molecule has 3 heteroatoms. The molecule has 3 nitrogen and oxygen atoms in total. The Balaban J connectivity index is 1.93. The van der Waals surface area contributed by atoms with Gasteiger partial charge in [0.25, 0.3) is 0 Å². The molecule has 1 rings (SSSR count). The van der Waals surface area contributed by atoms with Crippen molar-refractivity contribution in [2.75, 3.05) is 40.4 Å². The van der Waals surface area contributed by atoms with Crippen molar-refractivity contribution in [3.05, 3.63) is 24.3 Å². The Morgan fingerprint density at radius 2 is 0.667 bits per heavy atom. The summed E-state index contributed by atoms with van der Waals surface area (Å²) in [5.74, 6) is 0. The summed E-state index contributed by atoms with van der Waals surface area (Å²) < 4.78 is 13.8. The van der Waals surface area contributed by atoms with Gasteiger partial charge in [0.05, 0.1) is 14.1 Å². The third-order valence-electron chi connectivity index (χ3n) is 9.74. The molecule has 0 aromatic carbocycles. The van der Waals surface area contributed by atoms with Gasteiger partial charge < -0.3 is 14.0 Å². The van der Waals surface area contributed by atoms with E-state index in [-0.39, 0.29) is 12.2 Å². The van der Waals surface area contributed by atoms with E-state index in [1.807, 2.05) is 0 Å². The van der Waals surface area contributed by atoms with E-state index in [2.05, 4.69) is 52.2 Å². The van der Waals surface area contributed by atoms with Crippen LogP contribution < -0.4 is 0 Å². The zero-order chi connectivity index (χ0) is 32.5. The molecular weight excluding hydrogens is 550 g/mol. The van der Waals surface area contributed by atoms with Crippen LogP contribution in [0, 0.1) is 0 Å². The van der Waals surface area contributed by atoms with Gasteiger partial charge in [-0.15, -0.1) is 0 Å². The van der Waals surface area contributed by atoms with Gasteiger partial charge in [-0.25, -0.2) is 0 Å². The fourth-order valence-corrected chi connectivity index (χ4v) is 6.77. The van der Waals surface area contributed by atoms with E-state index in [1.165, 1.54) is 180 Å². The minimum absolute atomic E-state index is 0.275. The lowest BCUT2D eigenvalue weighted by molar-refractivity contribution is -0.880. The highest BCUT2D eigenvalue weighted by Crippen LogP contribution is 2.22. The normalized spacial score (nSPS) is 18.2. The van der Waals surface area contributed by atoms with Crippen molar-refractivity contribution in [2.45, 2.75) is 206 Å². The molecule has 1 fully saturated rings. The summed E-state index contributed by atoms with van der Waals surface area (Å²) in [5.41, 5.74) is 0. The third-order valence-corrected chi connectivity index (χ3v) is 9.74. The number of quaternary nitrogens is 1. The number of ether oxygens (including phenoxy) is 2. The molecule has 0 N–H and O–H groups in total. The standard InChI is InChI=1S/C42H82NO2/c1-5-7-9-11-13-15-17-19-21-23-25-27-29-31-33-35-37-44-41-39-43(3,4)40-42(41)45-38-36-34-32-30-28-26-24-22-20-18-16-14-12-10-8-6-2/h19-22,41-42H,5-18,23-40H2,1-4H3/q+1. The summed E-state index contributed by atoms with van der Waals surface area (Å²) >= 11 is 0. The highest BCUT2D eigenvalue weighted by atomic mass is 16.5. The zero-order valence-electron chi connectivity index (χ0n) is 31.4. The first-order valence-electron chi connectivity index (χ1n) is 20.4. The topological polar surface area (TPSA) is 18.5 Å². The monoisotopic (exact) mass is 633 g/mol. The molecule has 2 unspecified atom stereocenters. The molecule has 0 aliphatic carbocycles. The second kappa shape index (κ2) is 31.9. The van der Waals surface area contributed by atoms with Gasteiger partial charge in [0.2, 0.25) is 0 Å². The Morgan fingerprint density at radius 1 is 0.400 bits per heavy atom. The van der Waals surface area contributed by atoms with Crippen LogP contribution in [-0.2, 0) is 9.47 Å². The highest BCUT2D eigenvalue weighted by Gasteiger charge is 2.41. The number of likely N-dealkylation sites (N-methyl/N-ethyl adjacent to an activating group) is 1. The Bertz CT molecular complexity index is 603. The average Bonchev–Trinajstić information content (AvgIpc) is 3.32. The second-order valence-electron chi connectivity index (χ2n) is 15.0. The van der Waals surface area contributed by atoms with Gasteiger partial charge >= 0.3 is 0 Å². The molecule has 0 aromatic rings. The maximum atomic E-state index is 6.40. The molecule has 0 saturated carbocycles. The Labute approximate surface area is 284 Å². The molecule has 0 bridgehead atoms. The molecule has 0 aromatic heterocycles. The number of hydrogen-bond acceptors (Lipinski definition) is 2. The van der Waals surface area contributed by atoms with Crippen molar-refractivity contribution >= 4 is 0 Å². The zero-order valence-corrected chi connectivity index (χ0v) is 31.4. The quantitative estimate of drug-likeness (QED) is 0.0399. The van der Waals surface area contributed by atoms with Crippen LogP contribution in [0.3, 0.4) is 0 Å². The number of rotatable bonds is 34. The van der Waals surface area contributed by atoms with Crippen molar-refractivity contribution in [3.8, 4) is 0 Å². The second-order valence-corrected chi connectivity index (χ2v) is 15.0. The average molecular weight is 633 g/mol. The Hall–Kier alpha value is -0.640. The van der Waals surface area contributed by atoms with Crippen LogP contribution in [0.25, 0.3) is 0 Å². The van der Waals surface area contributed by atoms with Gasteiger partial charge in [-0.1, -0.05) is 154 Å². The van der Waals surface area contributed by atoms with Crippen molar-refractivity contribution in [1.29, 1.82) is 0 Å². The van der Waals surface area contributed by atoms with Crippen molar-refractivity contribution in [2.24, 2.45) is 0 Å². The SMILES string of the molecule is CCCCCCCCC=CCCCCCCCCOC1C[N+](C)(C)CC1OCCCCCCCCC=CCCCCCCCC. The molecule has 1 heterocycles. The minimum atomic E-state index is 0.275. The summed E-state index contributed by atoms with van der Waals surface area (Å²) in [6.07, 6.45) is 48.1. The third kappa shape index (κ3) is 28.1. The van der Waals surface area contributed by atoms with Crippen molar-refractivity contribution in [1.82, 2.24) is 0 Å². The van der Waals surface area contributed by atoms with E-state index in [9.17, 15) is 0 Å². The molecule has 1 saturated heterocycles. The van der Waals surface area contributed by atoms with Gasteiger partial charge in [-0.2, -0.15) is 0 Å². The van der Waals surface area contributed by atoms with Gasteiger partial charge in [0, 0.05) is 13.2 Å².